The van der Waals surface area contributed by atoms with Crippen LogP contribution in [0.3, 0.4) is 0 Å². The molecule has 1 saturated carbocycles. The van der Waals surface area contributed by atoms with Gasteiger partial charge in [0.15, 0.2) is 0 Å². The molecule has 0 aromatic carbocycles. The molecular formula is C15H27N3O. The summed E-state index contributed by atoms with van der Waals surface area (Å²) in [4.78, 5) is 4.34. The Labute approximate surface area is 116 Å². The second kappa shape index (κ2) is 4.89. The van der Waals surface area contributed by atoms with Crippen molar-refractivity contribution >= 4 is 0 Å². The van der Waals surface area contributed by atoms with Crippen molar-refractivity contribution in [3.05, 3.63) is 12.2 Å². The van der Waals surface area contributed by atoms with Gasteiger partial charge >= 0.3 is 0 Å². The lowest BCUT2D eigenvalue weighted by Gasteiger charge is -2.45. The molecule has 1 aliphatic carbocycles. The van der Waals surface area contributed by atoms with Gasteiger partial charge in [0.2, 0.25) is 0 Å². The van der Waals surface area contributed by atoms with E-state index in [-0.39, 0.29) is 6.04 Å². The second-order valence-corrected chi connectivity index (χ2v) is 7.26. The predicted octanol–water partition coefficient (Wildman–Crippen LogP) is 2.98. The van der Waals surface area contributed by atoms with Crippen molar-refractivity contribution in [3.8, 4) is 0 Å². The molecule has 108 valence electrons. The smallest absolute Gasteiger partial charge is 0.138 e. The Hall–Kier alpha value is -0.900. The minimum atomic E-state index is -0.630. The summed E-state index contributed by atoms with van der Waals surface area (Å²) >= 11 is 0. The van der Waals surface area contributed by atoms with Crippen molar-refractivity contribution in [2.75, 3.05) is 0 Å². The maximum atomic E-state index is 11.0. The number of hydrogen-bond donors (Lipinski definition) is 1. The van der Waals surface area contributed by atoms with Crippen molar-refractivity contribution in [1.82, 2.24) is 14.8 Å². The molecule has 1 aliphatic rings. The summed E-state index contributed by atoms with van der Waals surface area (Å²) < 4.78 is 1.92. The standard InChI is InChI=1S/C15H27N3O/c1-11(2)18-13(16-10-17-18)9-15(19)7-6-14(4,5)8-12(15)3/h10-12,19H,6-9H2,1-5H3. The third kappa shape index (κ3) is 2.99. The summed E-state index contributed by atoms with van der Waals surface area (Å²) in [5.41, 5.74) is -0.285. The van der Waals surface area contributed by atoms with Crippen LogP contribution in [0.1, 0.15) is 65.7 Å². The quantitative estimate of drug-likeness (QED) is 0.914. The van der Waals surface area contributed by atoms with Crippen molar-refractivity contribution < 1.29 is 5.11 Å². The average molecular weight is 265 g/mol. The van der Waals surface area contributed by atoms with Crippen LogP contribution in [0.25, 0.3) is 0 Å². The second-order valence-electron chi connectivity index (χ2n) is 7.26. The molecule has 2 unspecified atom stereocenters. The van der Waals surface area contributed by atoms with E-state index >= 15 is 0 Å². The number of hydrogen-bond acceptors (Lipinski definition) is 3. The number of nitrogens with zero attached hydrogens (tertiary/aromatic N) is 3. The lowest BCUT2D eigenvalue weighted by atomic mass is 9.64. The first-order valence-corrected chi connectivity index (χ1v) is 7.34. The van der Waals surface area contributed by atoms with Gasteiger partial charge in [-0.25, -0.2) is 9.67 Å². The van der Waals surface area contributed by atoms with Gasteiger partial charge in [0.05, 0.1) is 5.60 Å². The van der Waals surface area contributed by atoms with Crippen LogP contribution in [0, 0.1) is 11.3 Å². The molecule has 19 heavy (non-hydrogen) atoms. The minimum Gasteiger partial charge on any atom is -0.389 e. The topological polar surface area (TPSA) is 50.9 Å². The summed E-state index contributed by atoms with van der Waals surface area (Å²) in [7, 11) is 0. The van der Waals surface area contributed by atoms with Crippen LogP contribution >= 0.6 is 0 Å². The maximum absolute atomic E-state index is 11.0. The lowest BCUT2D eigenvalue weighted by molar-refractivity contribution is -0.0723. The molecule has 4 nitrogen and oxygen atoms in total. The molecule has 0 amide bonds. The van der Waals surface area contributed by atoms with Crippen LogP contribution < -0.4 is 0 Å². The van der Waals surface area contributed by atoms with Gasteiger partial charge in [-0.1, -0.05) is 20.8 Å². The van der Waals surface area contributed by atoms with E-state index in [4.69, 9.17) is 0 Å². The molecule has 1 fully saturated rings. The molecule has 0 bridgehead atoms. The van der Waals surface area contributed by atoms with E-state index in [9.17, 15) is 5.11 Å². The van der Waals surface area contributed by atoms with Crippen molar-refractivity contribution in [1.29, 1.82) is 0 Å². The van der Waals surface area contributed by atoms with Crippen molar-refractivity contribution in [2.45, 2.75) is 71.9 Å². The van der Waals surface area contributed by atoms with Gasteiger partial charge in [0, 0.05) is 12.5 Å². The number of rotatable bonds is 3. The van der Waals surface area contributed by atoms with Gasteiger partial charge in [-0.15, -0.1) is 0 Å². The van der Waals surface area contributed by atoms with Gasteiger partial charge in [-0.2, -0.15) is 5.10 Å². The van der Waals surface area contributed by atoms with Gasteiger partial charge < -0.3 is 5.11 Å². The molecule has 0 radical (unpaired) electrons. The van der Waals surface area contributed by atoms with Gasteiger partial charge in [0.25, 0.3) is 0 Å². The molecule has 1 aromatic heterocycles. The molecule has 0 spiro atoms. The molecule has 1 N–H and O–H groups in total. The Morgan fingerprint density at radius 3 is 2.68 bits per heavy atom. The Morgan fingerprint density at radius 2 is 2.11 bits per heavy atom. The Morgan fingerprint density at radius 1 is 1.42 bits per heavy atom. The van der Waals surface area contributed by atoms with Gasteiger partial charge in [0.1, 0.15) is 12.2 Å². The summed E-state index contributed by atoms with van der Waals surface area (Å²) in [6.45, 7) is 10.9. The summed E-state index contributed by atoms with van der Waals surface area (Å²) in [6.07, 6.45) is 5.20. The van der Waals surface area contributed by atoms with E-state index in [0.29, 0.717) is 17.8 Å². The van der Waals surface area contributed by atoms with Gasteiger partial charge in [-0.3, -0.25) is 0 Å². The lowest BCUT2D eigenvalue weighted by Crippen LogP contribution is -2.46. The Bertz CT molecular complexity index is 438. The highest BCUT2D eigenvalue weighted by atomic mass is 16.3. The van der Waals surface area contributed by atoms with E-state index in [1.54, 1.807) is 6.33 Å². The fourth-order valence-corrected chi connectivity index (χ4v) is 3.29. The van der Waals surface area contributed by atoms with Gasteiger partial charge in [-0.05, 0) is 44.4 Å². The highest BCUT2D eigenvalue weighted by molar-refractivity contribution is 5.01. The number of aliphatic hydroxyl groups is 1. The zero-order valence-electron chi connectivity index (χ0n) is 12.8. The fourth-order valence-electron chi connectivity index (χ4n) is 3.29. The maximum Gasteiger partial charge on any atom is 0.138 e. The molecule has 1 aromatic rings. The molecule has 2 rings (SSSR count). The van der Waals surface area contributed by atoms with E-state index in [2.05, 4.69) is 44.7 Å². The summed E-state index contributed by atoms with van der Waals surface area (Å²) in [6, 6.07) is 0.288. The largest absolute Gasteiger partial charge is 0.389 e. The van der Waals surface area contributed by atoms with Crippen molar-refractivity contribution in [2.24, 2.45) is 11.3 Å². The van der Waals surface area contributed by atoms with E-state index in [1.165, 1.54) is 0 Å². The van der Waals surface area contributed by atoms with Crippen LogP contribution in [0.5, 0.6) is 0 Å². The highest BCUT2D eigenvalue weighted by Gasteiger charge is 2.43. The monoisotopic (exact) mass is 265 g/mol. The first-order valence-electron chi connectivity index (χ1n) is 7.34. The van der Waals surface area contributed by atoms with E-state index in [1.807, 2.05) is 4.68 Å². The van der Waals surface area contributed by atoms with Crippen LogP contribution in [0.4, 0.5) is 0 Å². The van der Waals surface area contributed by atoms with Crippen LogP contribution in [0.15, 0.2) is 6.33 Å². The zero-order chi connectivity index (χ0) is 14.3. The Balaban J connectivity index is 2.16. The zero-order valence-corrected chi connectivity index (χ0v) is 12.8. The van der Waals surface area contributed by atoms with E-state index in [0.717, 1.165) is 25.1 Å². The molecule has 2 atom stereocenters. The molecule has 0 aliphatic heterocycles. The van der Waals surface area contributed by atoms with Crippen LogP contribution in [0.2, 0.25) is 0 Å². The molecule has 1 heterocycles. The predicted molar refractivity (Wildman–Crippen MR) is 75.9 cm³/mol. The minimum absolute atomic E-state index is 0.288. The molecular weight excluding hydrogens is 238 g/mol. The first-order chi connectivity index (χ1) is 8.73. The van der Waals surface area contributed by atoms with E-state index < -0.39 is 5.60 Å². The molecule has 0 saturated heterocycles. The molecule has 4 heteroatoms. The highest BCUT2D eigenvalue weighted by Crippen LogP contribution is 2.45. The third-order valence-corrected chi connectivity index (χ3v) is 4.61. The normalized spacial score (nSPS) is 30.8. The third-order valence-electron chi connectivity index (χ3n) is 4.61. The fraction of sp³-hybridized carbons (Fsp3) is 0.867. The summed E-state index contributed by atoms with van der Waals surface area (Å²) in [5.74, 6) is 1.21. The number of aromatic nitrogens is 3. The first kappa shape index (κ1) is 14.5. The summed E-state index contributed by atoms with van der Waals surface area (Å²) in [5, 5.41) is 15.2. The Kier molecular flexibility index (Phi) is 3.74. The van der Waals surface area contributed by atoms with Crippen molar-refractivity contribution in [3.63, 3.8) is 0 Å². The SMILES string of the molecule is CC(C)n1ncnc1CC1(O)CCC(C)(C)CC1C. The van der Waals surface area contributed by atoms with Crippen LogP contribution in [-0.4, -0.2) is 25.5 Å². The average Bonchev–Trinajstić information content (AvgIpc) is 2.72. The van der Waals surface area contributed by atoms with Crippen LogP contribution in [-0.2, 0) is 6.42 Å².